The minimum atomic E-state index is 0. The van der Waals surface area contributed by atoms with Crippen LogP contribution in [0.1, 0.15) is 0 Å². The second-order valence-corrected chi connectivity index (χ2v) is 0.257. The van der Waals surface area contributed by atoms with Gasteiger partial charge in [-0.2, -0.15) is 0 Å². The Morgan fingerprint density at radius 3 is 2.00 bits per heavy atom. The summed E-state index contributed by atoms with van der Waals surface area (Å²) >= 11 is 0. The summed E-state index contributed by atoms with van der Waals surface area (Å²) in [4.78, 5) is 12.3. The van der Waals surface area contributed by atoms with Gasteiger partial charge in [0.05, 0.1) is 0 Å². The van der Waals surface area contributed by atoms with Gasteiger partial charge in [-0.15, -0.1) is 4.91 Å². The Labute approximate surface area is 59.6 Å². The molecule has 0 unspecified atom stereocenters. The molecule has 0 spiro atoms. The van der Waals surface area contributed by atoms with Gasteiger partial charge in [-0.3, -0.25) is 0 Å². The molecular formula is CH5CaNO2. The van der Waals surface area contributed by atoms with Crippen LogP contribution in [0.3, 0.4) is 0 Å². The monoisotopic (exact) mass is 103 g/mol. The predicted octanol–water partition coefficient (Wildman–Crippen LogP) is -0.602. The Hall–Kier alpha value is 0.660. The van der Waals surface area contributed by atoms with Crippen LogP contribution in [-0.4, -0.2) is 44.8 Å². The summed E-state index contributed by atoms with van der Waals surface area (Å²) in [6, 6.07) is 0. The minimum absolute atomic E-state index is 0. The molecular weight excluding hydrogens is 98.1 g/mol. The molecule has 0 fully saturated rings. The second-order valence-electron chi connectivity index (χ2n) is 0.257. The fourth-order valence-corrected chi connectivity index (χ4v) is 0. The third-order valence-corrected chi connectivity index (χ3v) is 0.0745. The van der Waals surface area contributed by atoms with Gasteiger partial charge in [0, 0.05) is 0 Å². The Balaban J connectivity index is 0. The molecule has 0 aliphatic heterocycles. The summed E-state index contributed by atoms with van der Waals surface area (Å²) in [5.74, 6) is 0. The first-order valence-electron chi connectivity index (χ1n) is 0.773. The van der Waals surface area contributed by atoms with E-state index in [0.29, 0.717) is 0 Å². The molecule has 0 radical (unpaired) electrons. The zero-order chi connectivity index (χ0) is 3.41. The molecule has 28 valence electrons. The average Bonchev–Trinajstić information content (AvgIpc) is 1.37. The van der Waals surface area contributed by atoms with Crippen molar-refractivity contribution in [2.75, 3.05) is 7.11 Å². The van der Waals surface area contributed by atoms with Gasteiger partial charge in [-0.05, 0) is 0 Å². The van der Waals surface area contributed by atoms with E-state index in [2.05, 4.69) is 4.84 Å². The quantitative estimate of drug-likeness (QED) is 0.252. The first-order valence-corrected chi connectivity index (χ1v) is 0.773. The summed E-state index contributed by atoms with van der Waals surface area (Å²) in [5, 5.41) is 1.99. The fourth-order valence-electron chi connectivity index (χ4n) is 0. The van der Waals surface area contributed by atoms with Gasteiger partial charge in [0.1, 0.15) is 7.11 Å². The summed E-state index contributed by atoms with van der Waals surface area (Å²) in [5.41, 5.74) is 0. The van der Waals surface area contributed by atoms with E-state index in [4.69, 9.17) is 4.91 Å². The molecule has 3 nitrogen and oxygen atoms in total. The van der Waals surface area contributed by atoms with Crippen LogP contribution in [0.2, 0.25) is 0 Å². The molecule has 0 bridgehead atoms. The third kappa shape index (κ3) is 12.0. The summed E-state index contributed by atoms with van der Waals surface area (Å²) in [6.45, 7) is 0. The molecule has 0 aliphatic rings. The van der Waals surface area contributed by atoms with Crippen molar-refractivity contribution < 1.29 is 4.84 Å². The van der Waals surface area contributed by atoms with Crippen LogP contribution in [-0.2, 0) is 4.84 Å². The molecule has 0 saturated carbocycles. The van der Waals surface area contributed by atoms with Crippen LogP contribution in [0.25, 0.3) is 0 Å². The topological polar surface area (TPSA) is 38.7 Å². The van der Waals surface area contributed by atoms with E-state index in [1.165, 1.54) is 7.11 Å². The van der Waals surface area contributed by atoms with Crippen LogP contribution in [0.4, 0.5) is 0 Å². The number of nitrogens with zero attached hydrogens (tertiary/aromatic N) is 1. The van der Waals surface area contributed by atoms with Crippen LogP contribution in [0.5, 0.6) is 0 Å². The normalized spacial score (nSPS) is 4.20. The van der Waals surface area contributed by atoms with Gasteiger partial charge in [-0.25, -0.2) is 0 Å². The number of rotatable bonds is 1. The van der Waals surface area contributed by atoms with Crippen molar-refractivity contribution in [2.24, 2.45) is 5.34 Å². The van der Waals surface area contributed by atoms with E-state index < -0.39 is 0 Å². The van der Waals surface area contributed by atoms with Crippen molar-refractivity contribution in [1.82, 2.24) is 0 Å². The standard InChI is InChI=1S/CH3NO2.Ca.2H/c1-4-2-3;;;/h1H3;;;. The van der Waals surface area contributed by atoms with Gasteiger partial charge in [0.2, 0.25) is 0 Å². The van der Waals surface area contributed by atoms with Gasteiger partial charge < -0.3 is 4.84 Å². The second kappa shape index (κ2) is 8.82. The number of hydrogen-bond donors (Lipinski definition) is 0. The number of hydrogen-bond acceptors (Lipinski definition) is 3. The zero-order valence-electron chi connectivity index (χ0n) is 2.26. The van der Waals surface area contributed by atoms with Gasteiger partial charge in [0.25, 0.3) is 0 Å². The van der Waals surface area contributed by atoms with E-state index in [9.17, 15) is 0 Å². The van der Waals surface area contributed by atoms with Crippen LogP contribution in [0, 0.1) is 4.91 Å². The Morgan fingerprint density at radius 2 is 2.00 bits per heavy atom. The first kappa shape index (κ1) is 9.18. The molecule has 0 rings (SSSR count). The molecule has 0 aliphatic carbocycles. The van der Waals surface area contributed by atoms with E-state index in [-0.39, 0.29) is 37.7 Å². The Morgan fingerprint density at radius 1 is 1.80 bits per heavy atom. The molecule has 0 heterocycles. The SMILES string of the molecule is CON=O.[CaH2]. The zero-order valence-corrected chi connectivity index (χ0v) is 2.26. The molecule has 4 heteroatoms. The molecule has 0 saturated heterocycles. The van der Waals surface area contributed by atoms with E-state index in [1.54, 1.807) is 0 Å². The van der Waals surface area contributed by atoms with Gasteiger partial charge in [0.15, 0.2) is 5.34 Å². The van der Waals surface area contributed by atoms with Crippen LogP contribution in [0.15, 0.2) is 5.34 Å². The molecule has 0 aromatic rings. The van der Waals surface area contributed by atoms with Crippen LogP contribution < -0.4 is 0 Å². The fraction of sp³-hybridized carbons (Fsp3) is 1.00. The summed E-state index contributed by atoms with van der Waals surface area (Å²) in [7, 11) is 1.20. The van der Waals surface area contributed by atoms with Crippen LogP contribution >= 0.6 is 0 Å². The summed E-state index contributed by atoms with van der Waals surface area (Å²) in [6.07, 6.45) is 0. The Kier molecular flexibility index (Phi) is 16.2. The molecule has 0 aromatic heterocycles. The molecule has 0 amide bonds. The molecule has 0 aromatic carbocycles. The van der Waals surface area contributed by atoms with E-state index in [0.717, 1.165) is 0 Å². The molecule has 5 heavy (non-hydrogen) atoms. The molecule has 0 atom stereocenters. The van der Waals surface area contributed by atoms with Crippen molar-refractivity contribution in [3.63, 3.8) is 0 Å². The van der Waals surface area contributed by atoms with Crippen molar-refractivity contribution >= 4 is 37.7 Å². The summed E-state index contributed by atoms with van der Waals surface area (Å²) < 4.78 is 0. The predicted molar refractivity (Wildman–Crippen MR) is 21.3 cm³/mol. The van der Waals surface area contributed by atoms with E-state index >= 15 is 0 Å². The first-order chi connectivity index (χ1) is 1.91. The maximum absolute atomic E-state index is 8.70. The average molecular weight is 103 g/mol. The molecule has 0 N–H and O–H groups in total. The van der Waals surface area contributed by atoms with Gasteiger partial charge in [-0.1, -0.05) is 0 Å². The van der Waals surface area contributed by atoms with E-state index in [1.807, 2.05) is 5.34 Å². The van der Waals surface area contributed by atoms with Crippen molar-refractivity contribution in [2.45, 2.75) is 0 Å². The van der Waals surface area contributed by atoms with Crippen molar-refractivity contribution in [3.8, 4) is 0 Å². The van der Waals surface area contributed by atoms with Crippen molar-refractivity contribution in [1.29, 1.82) is 0 Å². The Bertz CT molecular complexity index is 23.6. The maximum atomic E-state index is 8.70. The third-order valence-electron chi connectivity index (χ3n) is 0.0745. The van der Waals surface area contributed by atoms with Crippen molar-refractivity contribution in [3.05, 3.63) is 4.91 Å². The van der Waals surface area contributed by atoms with Gasteiger partial charge >= 0.3 is 37.7 Å².